The number of rotatable bonds is 6. The first-order valence-electron chi connectivity index (χ1n) is 6.68. The Morgan fingerprint density at radius 3 is 2.70 bits per heavy atom. The molecule has 0 aliphatic heterocycles. The van der Waals surface area contributed by atoms with Gasteiger partial charge < -0.3 is 9.47 Å². The van der Waals surface area contributed by atoms with Gasteiger partial charge in [0.15, 0.2) is 11.5 Å². The molecule has 2 rings (SSSR count). The SMILES string of the molecule is COc1cc(Br)c(/C=N\NC(=O)Cc2nc(C)cs2)cc1OC. The van der Waals surface area contributed by atoms with Crippen molar-refractivity contribution in [2.24, 2.45) is 5.10 Å². The number of benzene rings is 1. The first kappa shape index (κ1) is 17.4. The predicted octanol–water partition coefficient (Wildman–Crippen LogP) is 2.92. The van der Waals surface area contributed by atoms with E-state index in [0.717, 1.165) is 20.7 Å². The van der Waals surface area contributed by atoms with E-state index in [1.54, 1.807) is 26.4 Å². The summed E-state index contributed by atoms with van der Waals surface area (Å²) < 4.78 is 11.2. The Kier molecular flexibility index (Phi) is 6.12. The second-order valence-electron chi connectivity index (χ2n) is 4.58. The minimum atomic E-state index is -0.216. The summed E-state index contributed by atoms with van der Waals surface area (Å²) in [5, 5.41) is 6.64. The molecular weight excluding hydrogens is 382 g/mol. The number of aromatic nitrogens is 1. The molecule has 8 heteroatoms. The summed E-state index contributed by atoms with van der Waals surface area (Å²) in [6.45, 7) is 1.89. The molecular formula is C15H16BrN3O3S. The normalized spacial score (nSPS) is 10.8. The van der Waals surface area contributed by atoms with Crippen LogP contribution in [0, 0.1) is 6.92 Å². The molecule has 23 heavy (non-hydrogen) atoms. The highest BCUT2D eigenvalue weighted by Crippen LogP contribution is 2.32. The maximum Gasteiger partial charge on any atom is 0.246 e. The Balaban J connectivity index is 2.01. The van der Waals surface area contributed by atoms with Crippen LogP contribution >= 0.6 is 27.3 Å². The largest absolute Gasteiger partial charge is 0.493 e. The number of carbonyl (C=O) groups excluding carboxylic acids is 1. The van der Waals surface area contributed by atoms with E-state index >= 15 is 0 Å². The van der Waals surface area contributed by atoms with E-state index < -0.39 is 0 Å². The number of halogens is 1. The van der Waals surface area contributed by atoms with Gasteiger partial charge in [-0.2, -0.15) is 5.10 Å². The van der Waals surface area contributed by atoms with E-state index in [-0.39, 0.29) is 12.3 Å². The Morgan fingerprint density at radius 1 is 1.39 bits per heavy atom. The molecule has 1 aromatic heterocycles. The van der Waals surface area contributed by atoms with Crippen molar-refractivity contribution in [1.29, 1.82) is 0 Å². The molecule has 0 spiro atoms. The third kappa shape index (κ3) is 4.77. The molecule has 0 aliphatic rings. The van der Waals surface area contributed by atoms with Crippen LogP contribution in [0.15, 0.2) is 27.1 Å². The summed E-state index contributed by atoms with van der Waals surface area (Å²) in [6.07, 6.45) is 1.75. The van der Waals surface area contributed by atoms with Gasteiger partial charge >= 0.3 is 0 Å². The maximum absolute atomic E-state index is 11.8. The van der Waals surface area contributed by atoms with Crippen LogP contribution in [0.1, 0.15) is 16.3 Å². The van der Waals surface area contributed by atoms with Gasteiger partial charge in [-0.25, -0.2) is 10.4 Å². The minimum Gasteiger partial charge on any atom is -0.493 e. The van der Waals surface area contributed by atoms with Gasteiger partial charge in [-0.05, 0) is 35.0 Å². The monoisotopic (exact) mass is 397 g/mol. The number of hydrogen-bond donors (Lipinski definition) is 1. The zero-order valence-corrected chi connectivity index (χ0v) is 15.3. The predicted molar refractivity (Wildman–Crippen MR) is 93.5 cm³/mol. The molecule has 1 heterocycles. The summed E-state index contributed by atoms with van der Waals surface area (Å²) in [6, 6.07) is 3.54. The highest BCUT2D eigenvalue weighted by atomic mass is 79.9. The first-order chi connectivity index (χ1) is 11.0. The number of nitrogens with one attached hydrogen (secondary N) is 1. The van der Waals surface area contributed by atoms with Crippen LogP contribution in [0.5, 0.6) is 11.5 Å². The lowest BCUT2D eigenvalue weighted by Crippen LogP contribution is -2.19. The molecule has 0 saturated carbocycles. The molecule has 0 aliphatic carbocycles. The smallest absolute Gasteiger partial charge is 0.246 e. The fourth-order valence-corrected chi connectivity index (χ4v) is 3.00. The molecule has 0 fully saturated rings. The Labute approximate surface area is 146 Å². The van der Waals surface area contributed by atoms with Gasteiger partial charge in [0, 0.05) is 21.1 Å². The molecule has 1 N–H and O–H groups in total. The third-order valence-electron chi connectivity index (χ3n) is 2.87. The number of ether oxygens (including phenoxy) is 2. The van der Waals surface area contributed by atoms with Gasteiger partial charge in [-0.1, -0.05) is 0 Å². The molecule has 122 valence electrons. The third-order valence-corrected chi connectivity index (χ3v) is 4.53. The Bertz CT molecular complexity index is 731. The van der Waals surface area contributed by atoms with Gasteiger partial charge in [0.25, 0.3) is 0 Å². The lowest BCUT2D eigenvalue weighted by Gasteiger charge is -2.09. The van der Waals surface area contributed by atoms with Crippen molar-refractivity contribution in [3.05, 3.63) is 38.3 Å². The molecule has 0 bridgehead atoms. The maximum atomic E-state index is 11.8. The molecule has 0 saturated heterocycles. The molecule has 1 aromatic carbocycles. The molecule has 6 nitrogen and oxygen atoms in total. The summed E-state index contributed by atoms with van der Waals surface area (Å²) >= 11 is 4.88. The van der Waals surface area contributed by atoms with Crippen molar-refractivity contribution < 1.29 is 14.3 Å². The standard InChI is InChI=1S/C15H16BrN3O3S/c1-9-8-23-15(18-9)6-14(20)19-17-7-10-4-12(21-2)13(22-3)5-11(10)16/h4-5,7-8H,6H2,1-3H3,(H,19,20)/b17-7-. The number of hydrogen-bond acceptors (Lipinski definition) is 6. The second kappa shape index (κ2) is 8.07. The minimum absolute atomic E-state index is 0.211. The fourth-order valence-electron chi connectivity index (χ4n) is 1.80. The van der Waals surface area contributed by atoms with E-state index in [0.29, 0.717) is 11.5 Å². The molecule has 0 unspecified atom stereocenters. The zero-order chi connectivity index (χ0) is 16.8. The van der Waals surface area contributed by atoms with E-state index in [1.165, 1.54) is 17.6 Å². The number of aryl methyl sites for hydroxylation is 1. The average molecular weight is 398 g/mol. The van der Waals surface area contributed by atoms with E-state index in [4.69, 9.17) is 9.47 Å². The number of hydrazone groups is 1. The van der Waals surface area contributed by atoms with Crippen LogP contribution in [-0.4, -0.2) is 31.3 Å². The number of amides is 1. The average Bonchev–Trinajstić information content (AvgIpc) is 2.93. The van der Waals surface area contributed by atoms with Crippen LogP contribution in [0.25, 0.3) is 0 Å². The molecule has 1 amide bonds. The van der Waals surface area contributed by atoms with Crippen LogP contribution < -0.4 is 14.9 Å². The van der Waals surface area contributed by atoms with Gasteiger partial charge in [0.05, 0.1) is 26.9 Å². The van der Waals surface area contributed by atoms with Crippen molar-refractivity contribution in [3.63, 3.8) is 0 Å². The summed E-state index contributed by atoms with van der Waals surface area (Å²) in [7, 11) is 3.13. The van der Waals surface area contributed by atoms with Gasteiger partial charge in [0.1, 0.15) is 5.01 Å². The number of thiazole rings is 1. The van der Waals surface area contributed by atoms with Crippen molar-refractivity contribution in [1.82, 2.24) is 10.4 Å². The van der Waals surface area contributed by atoms with Crippen molar-refractivity contribution >= 4 is 39.4 Å². The number of nitrogens with zero attached hydrogens (tertiary/aromatic N) is 2. The van der Waals surface area contributed by atoms with E-state index in [2.05, 4.69) is 31.4 Å². The van der Waals surface area contributed by atoms with E-state index in [1.807, 2.05) is 12.3 Å². The van der Waals surface area contributed by atoms with Gasteiger partial charge in [0.2, 0.25) is 5.91 Å². The number of carbonyl (C=O) groups is 1. The molecule has 2 aromatic rings. The van der Waals surface area contributed by atoms with Crippen LogP contribution in [0.4, 0.5) is 0 Å². The lowest BCUT2D eigenvalue weighted by atomic mass is 10.2. The Morgan fingerprint density at radius 2 is 2.09 bits per heavy atom. The second-order valence-corrected chi connectivity index (χ2v) is 6.38. The molecule has 0 atom stereocenters. The highest BCUT2D eigenvalue weighted by molar-refractivity contribution is 9.10. The summed E-state index contributed by atoms with van der Waals surface area (Å²) in [5.74, 6) is 0.980. The topological polar surface area (TPSA) is 72.8 Å². The Hall–Kier alpha value is -1.93. The fraction of sp³-hybridized carbons (Fsp3) is 0.267. The van der Waals surface area contributed by atoms with E-state index in [9.17, 15) is 4.79 Å². The van der Waals surface area contributed by atoms with Gasteiger partial charge in [-0.3, -0.25) is 4.79 Å². The summed E-state index contributed by atoms with van der Waals surface area (Å²) in [4.78, 5) is 16.0. The highest BCUT2D eigenvalue weighted by Gasteiger charge is 2.09. The first-order valence-corrected chi connectivity index (χ1v) is 8.35. The van der Waals surface area contributed by atoms with Crippen molar-refractivity contribution in [2.45, 2.75) is 13.3 Å². The quantitative estimate of drug-likeness (QED) is 0.600. The van der Waals surface area contributed by atoms with Gasteiger partial charge in [-0.15, -0.1) is 11.3 Å². The summed E-state index contributed by atoms with van der Waals surface area (Å²) in [5.41, 5.74) is 4.16. The number of methoxy groups -OCH3 is 2. The molecule has 0 radical (unpaired) electrons. The zero-order valence-electron chi connectivity index (χ0n) is 12.9. The lowest BCUT2D eigenvalue weighted by molar-refractivity contribution is -0.120. The van der Waals surface area contributed by atoms with Crippen molar-refractivity contribution in [3.8, 4) is 11.5 Å². The van der Waals surface area contributed by atoms with Crippen LogP contribution in [-0.2, 0) is 11.2 Å². The van der Waals surface area contributed by atoms with Crippen LogP contribution in [0.2, 0.25) is 0 Å². The van der Waals surface area contributed by atoms with Crippen LogP contribution in [0.3, 0.4) is 0 Å². The van der Waals surface area contributed by atoms with Crippen molar-refractivity contribution in [2.75, 3.05) is 14.2 Å².